The first-order valence-electron chi connectivity index (χ1n) is 14.7. The number of nitrogens with zero attached hydrogens (tertiary/aromatic N) is 4. The van der Waals surface area contributed by atoms with E-state index in [9.17, 15) is 74.8 Å². The molecule has 0 saturated heterocycles. The summed E-state index contributed by atoms with van der Waals surface area (Å²) in [5.41, 5.74) is -2.85. The van der Waals surface area contributed by atoms with E-state index in [1.54, 1.807) is 0 Å². The van der Waals surface area contributed by atoms with Crippen LogP contribution in [0.3, 0.4) is 0 Å². The summed E-state index contributed by atoms with van der Waals surface area (Å²) in [4.78, 5) is 14.6. The number of fused-ring (bicyclic) bond motifs is 3. The molecule has 0 aliphatic carbocycles. The van der Waals surface area contributed by atoms with Crippen LogP contribution in [0.1, 0.15) is 10.4 Å². The van der Waals surface area contributed by atoms with Crippen molar-refractivity contribution < 1.29 is 156 Å². The van der Waals surface area contributed by atoms with Gasteiger partial charge in [-0.3, -0.25) is 27.6 Å². The molecule has 0 atom stereocenters. The number of rotatable bonds is 9. The first-order valence-corrected chi connectivity index (χ1v) is 22.7. The molecule has 7 N–H and O–H groups in total. The summed E-state index contributed by atoms with van der Waals surface area (Å²) in [7, 11) is -27.4. The number of halogens is 2. The van der Waals surface area contributed by atoms with Crippen LogP contribution in [-0.4, -0.2) is 85.8 Å². The van der Waals surface area contributed by atoms with Crippen LogP contribution in [-0.2, 0) is 50.6 Å². The van der Waals surface area contributed by atoms with Crippen molar-refractivity contribution in [3.05, 3.63) is 76.5 Å². The Balaban J connectivity index is 0.00000397. The molecule has 0 aliphatic rings. The zero-order valence-electron chi connectivity index (χ0n) is 29.5. The van der Waals surface area contributed by atoms with Crippen LogP contribution in [0.15, 0.2) is 95.4 Å². The summed E-state index contributed by atoms with van der Waals surface area (Å²) in [5, 5.41) is 16.8. The van der Waals surface area contributed by atoms with Gasteiger partial charge in [0.2, 0.25) is 0 Å². The zero-order chi connectivity index (χ0) is 43.1. The van der Waals surface area contributed by atoms with Crippen molar-refractivity contribution >= 4 is 129 Å². The number of phenolic OH excluding ortho intramolecular Hbond substituents is 1. The van der Waals surface area contributed by atoms with Crippen LogP contribution in [0.5, 0.6) is 5.75 Å². The quantitative estimate of drug-likeness (QED) is 0.0511. The van der Waals surface area contributed by atoms with Crippen molar-refractivity contribution in [2.24, 2.45) is 10.2 Å². The molecule has 60 heavy (non-hydrogen) atoms. The number of carbonyl (C=O) groups excluding carboxylic acids is 1. The summed E-state index contributed by atoms with van der Waals surface area (Å²) in [6.45, 7) is 0. The van der Waals surface area contributed by atoms with E-state index in [0.29, 0.717) is 18.2 Å². The predicted molar refractivity (Wildman–Crippen MR) is 200 cm³/mol. The average molecular weight is 1000 g/mol. The Morgan fingerprint density at radius 3 is 1.68 bits per heavy atom. The molecule has 31 heteroatoms. The number of aromatic nitrogens is 2. The van der Waals surface area contributed by atoms with Crippen molar-refractivity contribution in [2.75, 3.05) is 5.32 Å². The topological polar surface area (TPSA) is 372 Å². The number of anilines is 1. The normalized spacial score (nSPS) is 12.7. The van der Waals surface area contributed by atoms with Crippen LogP contribution in [0.25, 0.3) is 32.6 Å². The van der Waals surface area contributed by atoms with Gasteiger partial charge in [-0.05, 0) is 54.6 Å². The molecule has 0 unspecified atom stereocenters. The Kier molecular flexibility index (Phi) is 14.8. The molecule has 0 saturated carbocycles. The smallest absolute Gasteiger partial charge is 0.505 e. The predicted octanol–water partition coefficient (Wildman–Crippen LogP) is -1.14. The molecule has 0 bridgehead atoms. The van der Waals surface area contributed by atoms with Crippen molar-refractivity contribution in [1.82, 2.24) is 9.97 Å². The van der Waals surface area contributed by atoms with E-state index in [2.05, 4.69) is 25.5 Å². The van der Waals surface area contributed by atoms with Crippen LogP contribution in [0.4, 0.5) is 17.1 Å². The van der Waals surface area contributed by atoms with Gasteiger partial charge in [-0.15, -0.1) is 10.2 Å². The second-order valence-corrected chi connectivity index (χ2v) is 19.2. The summed E-state index contributed by atoms with van der Waals surface area (Å²) in [5.74, 6) is -2.34. The minimum Gasteiger partial charge on any atom is -0.505 e. The fourth-order valence-corrected chi connectivity index (χ4v) is 9.48. The molecule has 0 aliphatic heterocycles. The Labute approximate surface area is 411 Å². The van der Waals surface area contributed by atoms with Gasteiger partial charge >= 0.3 is 80.9 Å². The molecular weight excluding hydrogens is 984 g/mol. The van der Waals surface area contributed by atoms with Gasteiger partial charge in [-0.2, -0.15) is 42.1 Å². The van der Waals surface area contributed by atoms with Crippen LogP contribution < -0.4 is 86.3 Å². The third-order valence-electron chi connectivity index (χ3n) is 7.91. The number of carbonyl (C=O) groups is 1. The minimum atomic E-state index is -5.63. The van der Waals surface area contributed by atoms with Crippen molar-refractivity contribution in [2.45, 2.75) is 24.5 Å². The molecule has 1 aromatic heterocycles. The number of azo groups is 1. The maximum Gasteiger partial charge on any atom is 1.00 e. The number of aromatic hydroxyl groups is 1. The van der Waals surface area contributed by atoms with Gasteiger partial charge in [0.05, 0.1) is 21.6 Å². The number of hydrogen-bond acceptors (Lipinski definition) is 16. The van der Waals surface area contributed by atoms with Gasteiger partial charge in [-0.1, -0.05) is 29.3 Å². The zero-order valence-corrected chi connectivity index (χ0v) is 40.3. The molecule has 0 radical (unpaired) electrons. The molecule has 0 fully saturated rings. The number of benzene rings is 5. The van der Waals surface area contributed by atoms with Crippen molar-refractivity contribution in [3.63, 3.8) is 0 Å². The summed E-state index contributed by atoms with van der Waals surface area (Å²) < 4.78 is 174. The average Bonchev–Trinajstić information content (AvgIpc) is 3.08. The Hall–Kier alpha value is -2.40. The summed E-state index contributed by atoms with van der Waals surface area (Å²) in [6.07, 6.45) is 0. The Bertz CT molecular complexity index is 3470. The minimum absolute atomic E-state index is 0. The standard InChI is InChI=1S/C29H17Cl2N5O17S5.K.Na/c30-27-28(31)33-20-7-11(1-4-17(20)32-27)29(38)34-18-5-3-14-16(25(18)57(48,49)50)10-22(56(45,46)47)23(24(14)37)36-35-19-6-2-13-15(26(19)58(51,52)53)8-12(54(39,40)41)9-21(13)55(42,43)44;;/h1-10,37H,(H,34,38)(H,39,40,41)(H,42,43,44)(H,45,46,47)(H,48,49,50)(H,51,52,53);;/q;2*+1. The van der Waals surface area contributed by atoms with Gasteiger partial charge in [0.25, 0.3) is 56.5 Å². The first-order chi connectivity index (χ1) is 26.6. The van der Waals surface area contributed by atoms with E-state index >= 15 is 0 Å². The summed E-state index contributed by atoms with van der Waals surface area (Å²) in [6, 6.07) is 7.82. The number of phenols is 1. The molecular formula is C29H17Cl2KN5NaO17S5+2. The molecule has 1 amide bonds. The first kappa shape index (κ1) is 50.2. The Morgan fingerprint density at radius 2 is 1.13 bits per heavy atom. The maximum atomic E-state index is 13.3. The van der Waals surface area contributed by atoms with Gasteiger partial charge in [0.15, 0.2) is 16.1 Å². The van der Waals surface area contributed by atoms with E-state index in [1.807, 2.05) is 0 Å². The molecule has 6 rings (SSSR count). The van der Waals surface area contributed by atoms with E-state index < -0.39 is 125 Å². The van der Waals surface area contributed by atoms with Crippen LogP contribution >= 0.6 is 23.2 Å². The molecule has 22 nitrogen and oxygen atoms in total. The van der Waals surface area contributed by atoms with E-state index in [-0.39, 0.29) is 114 Å². The number of hydrogen-bond donors (Lipinski definition) is 7. The SMILES string of the molecule is O=C(Nc1ccc2c(O)c(N=Nc3ccc4c(S(=O)(=O)O)cc(S(=O)(=O)O)cc4c3S(=O)(=O)O)c(S(=O)(=O)O)cc2c1S(=O)(=O)O)c1ccc2nc(Cl)c(Cl)nc2c1.[K+].[Na+]. The van der Waals surface area contributed by atoms with E-state index in [4.69, 9.17) is 23.2 Å². The number of amides is 1. The maximum absolute atomic E-state index is 13.3. The second kappa shape index (κ2) is 17.6. The monoisotopic (exact) mass is 999 g/mol. The Morgan fingerprint density at radius 1 is 0.583 bits per heavy atom. The molecule has 6 aromatic rings. The summed E-state index contributed by atoms with van der Waals surface area (Å²) >= 11 is 11.8. The van der Waals surface area contributed by atoms with Gasteiger partial charge < -0.3 is 10.4 Å². The third kappa shape index (κ3) is 10.2. The second-order valence-electron chi connectivity index (χ2n) is 11.6. The van der Waals surface area contributed by atoms with Gasteiger partial charge in [-0.25, -0.2) is 9.97 Å². The number of nitrogens with one attached hydrogen (secondary N) is 1. The van der Waals surface area contributed by atoms with Crippen molar-refractivity contribution in [1.29, 1.82) is 0 Å². The molecule has 1 heterocycles. The molecule has 5 aromatic carbocycles. The van der Waals surface area contributed by atoms with E-state index in [0.717, 1.165) is 18.2 Å². The van der Waals surface area contributed by atoms with Gasteiger partial charge in [0.1, 0.15) is 31.0 Å². The van der Waals surface area contributed by atoms with Crippen LogP contribution in [0.2, 0.25) is 10.3 Å². The van der Waals surface area contributed by atoms with Gasteiger partial charge in [0, 0.05) is 27.1 Å². The fraction of sp³-hybridized carbons (Fsp3) is 0. The molecule has 304 valence electrons. The van der Waals surface area contributed by atoms with E-state index in [1.165, 1.54) is 18.2 Å². The molecule has 0 spiro atoms. The third-order valence-corrected chi connectivity index (χ3v) is 13.0. The largest absolute Gasteiger partial charge is 1.00 e. The fourth-order valence-electron chi connectivity index (χ4n) is 5.56. The van der Waals surface area contributed by atoms with Crippen molar-refractivity contribution in [3.8, 4) is 5.75 Å². The van der Waals surface area contributed by atoms with Crippen LogP contribution in [0, 0.1) is 0 Å².